The number of thioether (sulfide) groups is 1. The van der Waals surface area contributed by atoms with E-state index in [2.05, 4.69) is 41.3 Å². The van der Waals surface area contributed by atoms with E-state index in [1.807, 2.05) is 41.5 Å². The van der Waals surface area contributed by atoms with Gasteiger partial charge in [0.25, 0.3) is 5.91 Å². The van der Waals surface area contributed by atoms with Gasteiger partial charge in [-0.2, -0.15) is 0 Å². The Morgan fingerprint density at radius 3 is 2.32 bits per heavy atom. The van der Waals surface area contributed by atoms with Crippen LogP contribution in [0.15, 0.2) is 65.6 Å². The van der Waals surface area contributed by atoms with E-state index in [-0.39, 0.29) is 5.91 Å². The molecule has 0 aliphatic carbocycles. The highest BCUT2D eigenvalue weighted by Gasteiger charge is 2.21. The first kappa shape index (κ1) is 17.8. The summed E-state index contributed by atoms with van der Waals surface area (Å²) in [5.74, 6) is 0.145. The third-order valence-electron chi connectivity index (χ3n) is 4.47. The number of benzene rings is 2. The Kier molecular flexibility index (Phi) is 6.31. The number of hydrogen-bond donors (Lipinski definition) is 0. The second-order valence-corrected chi connectivity index (χ2v) is 7.01. The molecule has 0 unspecified atom stereocenters. The van der Waals surface area contributed by atoms with Crippen LogP contribution in [-0.2, 0) is 0 Å². The normalized spacial score (nSPS) is 15.6. The highest BCUT2D eigenvalue weighted by atomic mass is 32.2. The maximum Gasteiger partial charge on any atom is 0.253 e. The van der Waals surface area contributed by atoms with E-state index >= 15 is 0 Å². The average Bonchev–Trinajstić information content (AvgIpc) is 2.69. The van der Waals surface area contributed by atoms with Gasteiger partial charge in [0.05, 0.1) is 0 Å². The van der Waals surface area contributed by atoms with Gasteiger partial charge >= 0.3 is 0 Å². The average molecular weight is 353 g/mol. The van der Waals surface area contributed by atoms with Crippen LogP contribution in [0.2, 0.25) is 0 Å². The maximum absolute atomic E-state index is 12.6. The van der Waals surface area contributed by atoms with Gasteiger partial charge in [0.15, 0.2) is 0 Å². The number of amides is 1. The smallest absolute Gasteiger partial charge is 0.253 e. The summed E-state index contributed by atoms with van der Waals surface area (Å²) in [6.45, 7) is 4.37. The number of carbonyl (C=O) groups is 1. The fourth-order valence-corrected chi connectivity index (χ4v) is 3.36. The third-order valence-corrected chi connectivity index (χ3v) is 5.21. The van der Waals surface area contributed by atoms with Gasteiger partial charge in [0.1, 0.15) is 0 Å². The fraction of sp³-hybridized carbons (Fsp3) is 0.286. The van der Waals surface area contributed by atoms with Gasteiger partial charge in [-0.3, -0.25) is 9.69 Å². The van der Waals surface area contributed by atoms with Crippen LogP contribution in [-0.4, -0.2) is 54.7 Å². The lowest BCUT2D eigenvalue weighted by atomic mass is 10.2. The third kappa shape index (κ3) is 4.97. The first-order valence-electron chi connectivity index (χ1n) is 8.63. The molecule has 0 atom stereocenters. The van der Waals surface area contributed by atoms with Gasteiger partial charge in [-0.15, -0.1) is 11.8 Å². The highest BCUT2D eigenvalue weighted by molar-refractivity contribution is 7.98. The minimum Gasteiger partial charge on any atom is -0.336 e. The summed E-state index contributed by atoms with van der Waals surface area (Å²) in [6.07, 6.45) is 6.40. The lowest BCUT2D eigenvalue weighted by Gasteiger charge is -2.34. The molecule has 3 nitrogen and oxygen atoms in total. The van der Waals surface area contributed by atoms with Crippen LogP contribution in [0.25, 0.3) is 6.08 Å². The van der Waals surface area contributed by atoms with Gasteiger partial charge in [-0.1, -0.05) is 42.5 Å². The van der Waals surface area contributed by atoms with Crippen molar-refractivity contribution in [3.8, 4) is 0 Å². The zero-order chi connectivity index (χ0) is 17.5. The van der Waals surface area contributed by atoms with Gasteiger partial charge < -0.3 is 4.90 Å². The molecule has 0 spiro atoms. The zero-order valence-electron chi connectivity index (χ0n) is 14.6. The molecule has 2 aromatic rings. The van der Waals surface area contributed by atoms with E-state index in [0.29, 0.717) is 0 Å². The first-order valence-corrected chi connectivity index (χ1v) is 9.86. The van der Waals surface area contributed by atoms with Crippen molar-refractivity contribution in [1.82, 2.24) is 9.80 Å². The summed E-state index contributed by atoms with van der Waals surface area (Å²) >= 11 is 1.69. The number of carbonyl (C=O) groups excluding carboxylic acids is 1. The molecule has 3 rings (SSSR count). The number of hydrogen-bond acceptors (Lipinski definition) is 3. The van der Waals surface area contributed by atoms with Crippen molar-refractivity contribution >= 4 is 23.7 Å². The lowest BCUT2D eigenvalue weighted by molar-refractivity contribution is 0.0650. The Hall–Kier alpha value is -2.04. The van der Waals surface area contributed by atoms with Crippen molar-refractivity contribution in [2.24, 2.45) is 0 Å². The molecule has 1 heterocycles. The topological polar surface area (TPSA) is 23.6 Å². The summed E-state index contributed by atoms with van der Waals surface area (Å²) < 4.78 is 0. The molecule has 0 bridgehead atoms. The van der Waals surface area contributed by atoms with Gasteiger partial charge in [0, 0.05) is 43.2 Å². The van der Waals surface area contributed by atoms with E-state index in [1.54, 1.807) is 11.8 Å². The number of piperazine rings is 1. The SMILES string of the molecule is CSc1ccc(C(=O)N2CCN(CC=Cc3ccccc3)CC2)cc1. The molecule has 25 heavy (non-hydrogen) atoms. The Morgan fingerprint density at radius 1 is 1.00 bits per heavy atom. The molecule has 0 N–H and O–H groups in total. The van der Waals surface area contributed by atoms with E-state index < -0.39 is 0 Å². The predicted molar refractivity (Wildman–Crippen MR) is 106 cm³/mol. The number of nitrogens with zero attached hydrogens (tertiary/aromatic N) is 2. The molecule has 130 valence electrons. The zero-order valence-corrected chi connectivity index (χ0v) is 15.4. The van der Waals surface area contributed by atoms with Crippen LogP contribution in [0.5, 0.6) is 0 Å². The molecular weight excluding hydrogens is 328 g/mol. The molecule has 1 aliphatic rings. The minimum absolute atomic E-state index is 0.145. The molecule has 1 fully saturated rings. The van der Waals surface area contributed by atoms with Gasteiger partial charge in [-0.05, 0) is 36.1 Å². The molecule has 0 radical (unpaired) electrons. The van der Waals surface area contributed by atoms with Crippen molar-refractivity contribution in [2.75, 3.05) is 39.0 Å². The largest absolute Gasteiger partial charge is 0.336 e. The second kappa shape index (κ2) is 8.88. The van der Waals surface area contributed by atoms with Crippen LogP contribution in [0.4, 0.5) is 0 Å². The van der Waals surface area contributed by atoms with Crippen molar-refractivity contribution in [3.63, 3.8) is 0 Å². The summed E-state index contributed by atoms with van der Waals surface area (Å²) in [5, 5.41) is 0. The van der Waals surface area contributed by atoms with Crippen LogP contribution in [0.1, 0.15) is 15.9 Å². The Labute approximate surface area is 154 Å². The quantitative estimate of drug-likeness (QED) is 0.763. The second-order valence-electron chi connectivity index (χ2n) is 6.13. The van der Waals surface area contributed by atoms with Gasteiger partial charge in [0.2, 0.25) is 0 Å². The predicted octanol–water partition coefficient (Wildman–Crippen LogP) is 3.88. The monoisotopic (exact) mass is 352 g/mol. The lowest BCUT2D eigenvalue weighted by Crippen LogP contribution is -2.48. The molecular formula is C21H24N2OS. The maximum atomic E-state index is 12.6. The summed E-state index contributed by atoms with van der Waals surface area (Å²) in [4.78, 5) is 18.1. The summed E-state index contributed by atoms with van der Waals surface area (Å²) in [7, 11) is 0. The Bertz CT molecular complexity index is 704. The number of rotatable bonds is 5. The van der Waals surface area contributed by atoms with Crippen LogP contribution >= 0.6 is 11.8 Å². The van der Waals surface area contributed by atoms with E-state index in [4.69, 9.17) is 0 Å². The van der Waals surface area contributed by atoms with Crippen LogP contribution in [0, 0.1) is 0 Å². The summed E-state index contributed by atoms with van der Waals surface area (Å²) in [6, 6.07) is 18.2. The van der Waals surface area contributed by atoms with Crippen LogP contribution in [0.3, 0.4) is 0 Å². The standard InChI is InChI=1S/C21H24N2OS/c1-25-20-11-9-19(10-12-20)21(24)23-16-14-22(15-17-23)13-5-8-18-6-3-2-4-7-18/h2-12H,13-17H2,1H3. The fourth-order valence-electron chi connectivity index (χ4n) is 2.95. The highest BCUT2D eigenvalue weighted by Crippen LogP contribution is 2.16. The van der Waals surface area contributed by atoms with Crippen molar-refractivity contribution in [1.29, 1.82) is 0 Å². The van der Waals surface area contributed by atoms with Crippen molar-refractivity contribution in [2.45, 2.75) is 4.90 Å². The van der Waals surface area contributed by atoms with E-state index in [1.165, 1.54) is 10.5 Å². The Balaban J connectivity index is 1.47. The Morgan fingerprint density at radius 2 is 1.68 bits per heavy atom. The first-order chi connectivity index (χ1) is 12.3. The molecule has 4 heteroatoms. The molecule has 1 saturated heterocycles. The molecule has 0 aromatic heterocycles. The van der Waals surface area contributed by atoms with E-state index in [0.717, 1.165) is 38.3 Å². The van der Waals surface area contributed by atoms with Crippen LogP contribution < -0.4 is 0 Å². The molecule has 1 amide bonds. The minimum atomic E-state index is 0.145. The molecule has 1 aliphatic heterocycles. The van der Waals surface area contributed by atoms with Crippen molar-refractivity contribution in [3.05, 3.63) is 71.8 Å². The van der Waals surface area contributed by atoms with E-state index in [9.17, 15) is 4.79 Å². The van der Waals surface area contributed by atoms with Crippen molar-refractivity contribution < 1.29 is 4.79 Å². The molecule has 2 aromatic carbocycles. The summed E-state index contributed by atoms with van der Waals surface area (Å²) in [5.41, 5.74) is 2.01. The molecule has 0 saturated carbocycles. The van der Waals surface area contributed by atoms with Gasteiger partial charge in [-0.25, -0.2) is 0 Å².